The normalized spacial score (nSPS) is 12.0. The van der Waals surface area contributed by atoms with Crippen LogP contribution in [-0.4, -0.2) is 40.0 Å². The number of carbonyl (C=O) groups excluding carboxylic acids is 1. The van der Waals surface area contributed by atoms with Crippen LogP contribution in [0.4, 0.5) is 0 Å². The van der Waals surface area contributed by atoms with E-state index in [2.05, 4.69) is 20.5 Å². The van der Waals surface area contributed by atoms with Crippen molar-refractivity contribution in [3.63, 3.8) is 0 Å². The predicted molar refractivity (Wildman–Crippen MR) is 92.0 cm³/mol. The highest BCUT2D eigenvalue weighted by molar-refractivity contribution is 7.99. The van der Waals surface area contributed by atoms with E-state index in [4.69, 9.17) is 16.3 Å². The van der Waals surface area contributed by atoms with E-state index in [-0.39, 0.29) is 17.7 Å². The first kappa shape index (κ1) is 17.6. The molecule has 1 aromatic heterocycles. The number of hydrogen-bond acceptors (Lipinski definition) is 5. The van der Waals surface area contributed by atoms with Crippen LogP contribution >= 0.6 is 23.4 Å². The van der Waals surface area contributed by atoms with E-state index in [1.807, 2.05) is 13.8 Å². The molecule has 1 atom stereocenters. The van der Waals surface area contributed by atoms with Gasteiger partial charge < -0.3 is 10.1 Å². The summed E-state index contributed by atoms with van der Waals surface area (Å²) in [4.78, 5) is 16.2. The summed E-state index contributed by atoms with van der Waals surface area (Å²) < 4.78 is 5.30. The number of aromatic nitrogens is 3. The molecule has 0 spiro atoms. The van der Waals surface area contributed by atoms with E-state index >= 15 is 0 Å². The number of aromatic amines is 1. The number of methoxy groups -OCH3 is 1. The standard InChI is InChI=1S/C15H19ClN4O2S/c1-4-9(2)17-13(21)8-23-15-18-14(19-20-15)11-7-10(16)5-6-12(11)22-3/h5-7,9H,4,8H2,1-3H3,(H,17,21)(H,18,19,20)/t9-/m0/s1. The molecule has 0 aliphatic carbocycles. The van der Waals surface area contributed by atoms with Crippen molar-refractivity contribution in [1.29, 1.82) is 0 Å². The van der Waals surface area contributed by atoms with Crippen LogP contribution in [0.15, 0.2) is 23.4 Å². The molecule has 0 saturated heterocycles. The Bertz CT molecular complexity index is 677. The van der Waals surface area contributed by atoms with E-state index in [0.717, 1.165) is 12.0 Å². The summed E-state index contributed by atoms with van der Waals surface area (Å²) in [6.45, 7) is 4.00. The summed E-state index contributed by atoms with van der Waals surface area (Å²) in [6, 6.07) is 5.44. The number of nitrogens with one attached hydrogen (secondary N) is 2. The Balaban J connectivity index is 2.04. The third-order valence-corrected chi connectivity index (χ3v) is 4.32. The lowest BCUT2D eigenvalue weighted by Crippen LogP contribution is -2.33. The first-order chi connectivity index (χ1) is 11.0. The zero-order chi connectivity index (χ0) is 16.8. The number of nitrogens with zero attached hydrogens (tertiary/aromatic N) is 2. The molecule has 0 radical (unpaired) electrons. The summed E-state index contributed by atoms with van der Waals surface area (Å²) in [7, 11) is 1.58. The molecule has 2 rings (SSSR count). The number of carbonyl (C=O) groups is 1. The molecular weight excluding hydrogens is 336 g/mol. The van der Waals surface area contributed by atoms with Crippen LogP contribution in [0.2, 0.25) is 5.02 Å². The summed E-state index contributed by atoms with van der Waals surface area (Å²) in [5.41, 5.74) is 0.725. The van der Waals surface area contributed by atoms with Crippen molar-refractivity contribution < 1.29 is 9.53 Å². The Hall–Kier alpha value is -1.73. The van der Waals surface area contributed by atoms with Crippen molar-refractivity contribution >= 4 is 29.3 Å². The second kappa shape index (κ2) is 8.21. The number of rotatable bonds is 7. The maximum atomic E-state index is 11.8. The maximum Gasteiger partial charge on any atom is 0.230 e. The minimum Gasteiger partial charge on any atom is -0.496 e. The Labute approximate surface area is 144 Å². The molecule has 0 unspecified atom stereocenters. The van der Waals surface area contributed by atoms with Crippen molar-refractivity contribution in [3.8, 4) is 17.1 Å². The van der Waals surface area contributed by atoms with Gasteiger partial charge in [-0.2, -0.15) is 0 Å². The minimum absolute atomic E-state index is 0.0314. The highest BCUT2D eigenvalue weighted by atomic mass is 35.5. The molecular formula is C15H19ClN4O2S. The summed E-state index contributed by atoms with van der Waals surface area (Å²) in [6.07, 6.45) is 0.899. The van der Waals surface area contributed by atoms with Crippen molar-refractivity contribution in [1.82, 2.24) is 20.5 Å². The number of amides is 1. The van der Waals surface area contributed by atoms with Crippen LogP contribution in [0.5, 0.6) is 5.75 Å². The second-order valence-electron chi connectivity index (χ2n) is 4.98. The van der Waals surface area contributed by atoms with Gasteiger partial charge in [0.1, 0.15) is 5.75 Å². The Morgan fingerprint density at radius 2 is 2.30 bits per heavy atom. The van der Waals surface area contributed by atoms with Gasteiger partial charge in [0.25, 0.3) is 0 Å². The molecule has 6 nitrogen and oxygen atoms in total. The van der Waals surface area contributed by atoms with Gasteiger partial charge in [0.05, 0.1) is 18.4 Å². The van der Waals surface area contributed by atoms with Gasteiger partial charge in [0.15, 0.2) is 5.82 Å². The number of hydrogen-bond donors (Lipinski definition) is 2. The number of thioether (sulfide) groups is 1. The molecule has 1 aromatic carbocycles. The van der Waals surface area contributed by atoms with E-state index in [0.29, 0.717) is 21.8 Å². The molecule has 0 aliphatic rings. The third-order valence-electron chi connectivity index (χ3n) is 3.23. The van der Waals surface area contributed by atoms with Gasteiger partial charge in [-0.1, -0.05) is 30.3 Å². The highest BCUT2D eigenvalue weighted by Gasteiger charge is 2.13. The molecule has 0 bridgehead atoms. The topological polar surface area (TPSA) is 79.9 Å². The first-order valence-corrected chi connectivity index (χ1v) is 8.58. The summed E-state index contributed by atoms with van der Waals surface area (Å²) in [5, 5.41) is 10.9. The fourth-order valence-electron chi connectivity index (χ4n) is 1.85. The van der Waals surface area contributed by atoms with Gasteiger partial charge in [0, 0.05) is 11.1 Å². The van der Waals surface area contributed by atoms with Crippen molar-refractivity contribution in [2.24, 2.45) is 0 Å². The lowest BCUT2D eigenvalue weighted by atomic mass is 10.2. The quantitative estimate of drug-likeness (QED) is 0.747. The molecule has 0 saturated carbocycles. The highest BCUT2D eigenvalue weighted by Crippen LogP contribution is 2.31. The Morgan fingerprint density at radius 3 is 3.00 bits per heavy atom. The lowest BCUT2D eigenvalue weighted by Gasteiger charge is -2.09. The second-order valence-corrected chi connectivity index (χ2v) is 6.36. The van der Waals surface area contributed by atoms with Gasteiger partial charge >= 0.3 is 0 Å². The van der Waals surface area contributed by atoms with Crippen LogP contribution < -0.4 is 10.1 Å². The SMILES string of the molecule is CC[C@H](C)NC(=O)CSc1n[nH]c(-c2cc(Cl)ccc2OC)n1. The van der Waals surface area contributed by atoms with Gasteiger partial charge in [-0.15, -0.1) is 5.10 Å². The van der Waals surface area contributed by atoms with Gasteiger partial charge in [-0.3, -0.25) is 9.89 Å². The molecule has 23 heavy (non-hydrogen) atoms. The van der Waals surface area contributed by atoms with Gasteiger partial charge in [-0.05, 0) is 31.5 Å². The minimum atomic E-state index is -0.0314. The van der Waals surface area contributed by atoms with E-state index in [9.17, 15) is 4.79 Å². The zero-order valence-corrected chi connectivity index (χ0v) is 14.8. The van der Waals surface area contributed by atoms with Crippen LogP contribution in [0.1, 0.15) is 20.3 Å². The van der Waals surface area contributed by atoms with Gasteiger partial charge in [0.2, 0.25) is 11.1 Å². The molecule has 2 aromatic rings. The van der Waals surface area contributed by atoms with Crippen LogP contribution in [0.25, 0.3) is 11.4 Å². The molecule has 1 heterocycles. The Morgan fingerprint density at radius 1 is 1.52 bits per heavy atom. The summed E-state index contributed by atoms with van der Waals surface area (Å²) in [5.74, 6) is 1.44. The number of halogens is 1. The maximum absolute atomic E-state index is 11.8. The van der Waals surface area contributed by atoms with Crippen molar-refractivity contribution in [2.45, 2.75) is 31.5 Å². The predicted octanol–water partition coefficient (Wildman–Crippen LogP) is 3.14. The lowest BCUT2D eigenvalue weighted by molar-refractivity contribution is -0.119. The zero-order valence-electron chi connectivity index (χ0n) is 13.2. The Kier molecular flexibility index (Phi) is 6.29. The smallest absolute Gasteiger partial charge is 0.230 e. The monoisotopic (exact) mass is 354 g/mol. The number of ether oxygens (including phenoxy) is 1. The fourth-order valence-corrected chi connectivity index (χ4v) is 2.63. The summed E-state index contributed by atoms with van der Waals surface area (Å²) >= 11 is 7.29. The third kappa shape index (κ3) is 4.87. The van der Waals surface area contributed by atoms with Crippen LogP contribution in [-0.2, 0) is 4.79 Å². The van der Waals surface area contributed by atoms with E-state index < -0.39 is 0 Å². The molecule has 0 aliphatic heterocycles. The molecule has 1 amide bonds. The van der Waals surface area contributed by atoms with Crippen molar-refractivity contribution in [2.75, 3.05) is 12.9 Å². The van der Waals surface area contributed by atoms with Crippen LogP contribution in [0, 0.1) is 0 Å². The van der Waals surface area contributed by atoms with Crippen molar-refractivity contribution in [3.05, 3.63) is 23.2 Å². The average molecular weight is 355 g/mol. The molecule has 8 heteroatoms. The first-order valence-electron chi connectivity index (χ1n) is 7.22. The molecule has 0 fully saturated rings. The van der Waals surface area contributed by atoms with E-state index in [1.54, 1.807) is 25.3 Å². The molecule has 124 valence electrons. The van der Waals surface area contributed by atoms with E-state index in [1.165, 1.54) is 11.8 Å². The fraction of sp³-hybridized carbons (Fsp3) is 0.400. The number of benzene rings is 1. The largest absolute Gasteiger partial charge is 0.496 e. The number of H-pyrrole nitrogens is 1. The van der Waals surface area contributed by atoms with Gasteiger partial charge in [-0.25, -0.2) is 4.98 Å². The van der Waals surface area contributed by atoms with Crippen LogP contribution in [0.3, 0.4) is 0 Å². The molecule has 2 N–H and O–H groups in total. The average Bonchev–Trinajstić information content (AvgIpc) is 3.01.